The van der Waals surface area contributed by atoms with Crippen molar-refractivity contribution in [1.29, 1.82) is 0 Å². The first-order valence-corrected chi connectivity index (χ1v) is 9.70. The van der Waals surface area contributed by atoms with E-state index in [2.05, 4.69) is 5.32 Å². The van der Waals surface area contributed by atoms with Crippen molar-refractivity contribution >= 4 is 21.6 Å². The van der Waals surface area contributed by atoms with Gasteiger partial charge in [0.2, 0.25) is 0 Å². The van der Waals surface area contributed by atoms with E-state index in [9.17, 15) is 17.6 Å². The van der Waals surface area contributed by atoms with Crippen LogP contribution >= 0.6 is 0 Å². The quantitative estimate of drug-likeness (QED) is 0.866. The predicted molar refractivity (Wildman–Crippen MR) is 95.1 cm³/mol. The number of anilines is 1. The average molecular weight is 378 g/mol. The highest BCUT2D eigenvalue weighted by molar-refractivity contribution is 7.92. The Labute approximate surface area is 151 Å². The highest BCUT2D eigenvalue weighted by Crippen LogP contribution is 2.37. The van der Waals surface area contributed by atoms with E-state index < -0.39 is 32.7 Å². The molecule has 1 atom stereocenters. The largest absolute Gasteiger partial charge is 0.476 e. The number of ether oxygens (including phenoxy) is 1. The van der Waals surface area contributed by atoms with Crippen molar-refractivity contribution in [1.82, 2.24) is 5.32 Å². The van der Waals surface area contributed by atoms with Gasteiger partial charge in [-0.25, -0.2) is 12.8 Å². The highest BCUT2D eigenvalue weighted by atomic mass is 32.2. The van der Waals surface area contributed by atoms with E-state index in [0.717, 1.165) is 16.8 Å². The molecule has 1 aliphatic heterocycles. The molecule has 0 fully saturated rings. The Morgan fingerprint density at radius 1 is 1.23 bits per heavy atom. The number of para-hydroxylation sites is 2. The molecule has 0 saturated carbocycles. The van der Waals surface area contributed by atoms with Crippen LogP contribution in [-0.2, 0) is 14.8 Å². The summed E-state index contributed by atoms with van der Waals surface area (Å²) in [7, 11) is -4.19. The van der Waals surface area contributed by atoms with Gasteiger partial charge in [0.25, 0.3) is 15.9 Å². The van der Waals surface area contributed by atoms with Gasteiger partial charge in [0.1, 0.15) is 16.5 Å². The lowest BCUT2D eigenvalue weighted by Gasteiger charge is -2.34. The van der Waals surface area contributed by atoms with E-state index in [1.54, 1.807) is 24.3 Å². The third kappa shape index (κ3) is 3.37. The SMILES string of the molecule is CCCNC(=O)[C@H]1CN(S(=O)(=O)c2ccccc2F)c2ccccc2O1. The Hall–Kier alpha value is -2.61. The lowest BCUT2D eigenvalue weighted by molar-refractivity contribution is -0.127. The molecule has 0 unspecified atom stereocenters. The van der Waals surface area contributed by atoms with Crippen LogP contribution in [0.15, 0.2) is 53.4 Å². The highest BCUT2D eigenvalue weighted by Gasteiger charge is 2.38. The van der Waals surface area contributed by atoms with Crippen molar-refractivity contribution in [2.75, 3.05) is 17.4 Å². The second kappa shape index (κ2) is 7.33. The average Bonchev–Trinajstić information content (AvgIpc) is 2.65. The van der Waals surface area contributed by atoms with E-state index in [1.165, 1.54) is 18.2 Å². The second-order valence-corrected chi connectivity index (χ2v) is 7.66. The molecule has 8 heteroatoms. The fourth-order valence-corrected chi connectivity index (χ4v) is 4.24. The van der Waals surface area contributed by atoms with Gasteiger partial charge < -0.3 is 10.1 Å². The zero-order valence-corrected chi connectivity index (χ0v) is 15.0. The smallest absolute Gasteiger partial charge is 0.267 e. The number of benzene rings is 2. The summed E-state index contributed by atoms with van der Waals surface area (Å²) in [6, 6.07) is 11.6. The molecular weight excluding hydrogens is 359 g/mol. The topological polar surface area (TPSA) is 75.7 Å². The summed E-state index contributed by atoms with van der Waals surface area (Å²) in [5.41, 5.74) is 0.273. The van der Waals surface area contributed by atoms with Crippen LogP contribution < -0.4 is 14.4 Å². The van der Waals surface area contributed by atoms with Gasteiger partial charge in [0.15, 0.2) is 6.10 Å². The van der Waals surface area contributed by atoms with E-state index in [1.807, 2.05) is 6.92 Å². The van der Waals surface area contributed by atoms with Crippen LogP contribution in [-0.4, -0.2) is 33.5 Å². The van der Waals surface area contributed by atoms with Gasteiger partial charge in [-0.15, -0.1) is 0 Å². The zero-order valence-electron chi connectivity index (χ0n) is 14.2. The number of sulfonamides is 1. The van der Waals surface area contributed by atoms with Gasteiger partial charge in [-0.3, -0.25) is 9.10 Å². The number of hydrogen-bond donors (Lipinski definition) is 1. The number of halogens is 1. The molecule has 1 heterocycles. The number of amides is 1. The van der Waals surface area contributed by atoms with E-state index >= 15 is 0 Å². The summed E-state index contributed by atoms with van der Waals surface area (Å²) in [5, 5.41) is 2.70. The molecule has 0 aromatic heterocycles. The van der Waals surface area contributed by atoms with Gasteiger partial charge >= 0.3 is 0 Å². The van der Waals surface area contributed by atoms with Gasteiger partial charge in [0.05, 0.1) is 12.2 Å². The fourth-order valence-electron chi connectivity index (χ4n) is 2.70. The van der Waals surface area contributed by atoms with E-state index in [-0.39, 0.29) is 18.0 Å². The molecule has 0 radical (unpaired) electrons. The normalized spacial score (nSPS) is 16.5. The number of nitrogens with one attached hydrogen (secondary N) is 1. The molecule has 0 spiro atoms. The van der Waals surface area contributed by atoms with Crippen LogP contribution in [0.25, 0.3) is 0 Å². The minimum absolute atomic E-state index is 0.233. The van der Waals surface area contributed by atoms with E-state index in [0.29, 0.717) is 6.54 Å². The van der Waals surface area contributed by atoms with Crippen LogP contribution in [0.5, 0.6) is 5.75 Å². The minimum atomic E-state index is -4.19. The fraction of sp³-hybridized carbons (Fsp3) is 0.278. The van der Waals surface area contributed by atoms with Crippen LogP contribution in [0.1, 0.15) is 13.3 Å². The lowest BCUT2D eigenvalue weighted by atomic mass is 10.2. The number of nitrogens with zero attached hydrogens (tertiary/aromatic N) is 1. The first kappa shape index (κ1) is 18.2. The summed E-state index contributed by atoms with van der Waals surface area (Å²) in [6.07, 6.45) is -0.273. The Kier molecular flexibility index (Phi) is 5.13. The Bertz CT molecular complexity index is 917. The third-order valence-electron chi connectivity index (χ3n) is 3.98. The first-order chi connectivity index (χ1) is 12.4. The van der Waals surface area contributed by atoms with Crippen molar-refractivity contribution in [3.8, 4) is 5.75 Å². The van der Waals surface area contributed by atoms with Gasteiger partial charge in [-0.2, -0.15) is 0 Å². The first-order valence-electron chi connectivity index (χ1n) is 8.26. The molecular formula is C18H19FN2O4S. The molecule has 0 saturated heterocycles. The molecule has 1 amide bonds. The second-order valence-electron chi connectivity index (χ2n) is 5.83. The van der Waals surface area contributed by atoms with Gasteiger partial charge in [-0.05, 0) is 30.7 Å². The van der Waals surface area contributed by atoms with Gasteiger partial charge in [-0.1, -0.05) is 31.2 Å². The molecule has 138 valence electrons. The summed E-state index contributed by atoms with van der Waals surface area (Å²) in [4.78, 5) is 11.9. The van der Waals surface area contributed by atoms with Crippen molar-refractivity contribution in [2.45, 2.75) is 24.3 Å². The molecule has 3 rings (SSSR count). The van der Waals surface area contributed by atoms with Crippen LogP contribution in [0.4, 0.5) is 10.1 Å². The maximum atomic E-state index is 14.1. The molecule has 2 aromatic rings. The van der Waals surface area contributed by atoms with Crippen LogP contribution in [0.3, 0.4) is 0 Å². The zero-order chi connectivity index (χ0) is 18.7. The number of hydrogen-bond acceptors (Lipinski definition) is 4. The maximum Gasteiger partial charge on any atom is 0.267 e. The Balaban J connectivity index is 2.02. The molecule has 0 bridgehead atoms. The Morgan fingerprint density at radius 2 is 1.92 bits per heavy atom. The standard InChI is InChI=1S/C18H19FN2O4S/c1-2-11-20-18(22)16-12-21(14-8-4-5-9-15(14)25-16)26(23,24)17-10-6-3-7-13(17)19/h3-10,16H,2,11-12H2,1H3,(H,20,22)/t16-/m1/s1. The summed E-state index contributed by atoms with van der Waals surface area (Å²) in [5.74, 6) is -0.992. The summed E-state index contributed by atoms with van der Waals surface area (Å²) >= 11 is 0. The van der Waals surface area contributed by atoms with Crippen LogP contribution in [0.2, 0.25) is 0 Å². The minimum Gasteiger partial charge on any atom is -0.476 e. The number of rotatable bonds is 5. The number of fused-ring (bicyclic) bond motifs is 1. The molecule has 2 aromatic carbocycles. The van der Waals surface area contributed by atoms with Crippen molar-refractivity contribution in [3.05, 3.63) is 54.3 Å². The van der Waals surface area contributed by atoms with Crippen molar-refractivity contribution < 1.29 is 22.3 Å². The molecule has 1 aliphatic rings. The lowest BCUT2D eigenvalue weighted by Crippen LogP contribution is -2.50. The third-order valence-corrected chi connectivity index (χ3v) is 5.79. The monoisotopic (exact) mass is 378 g/mol. The summed E-state index contributed by atoms with van der Waals surface area (Å²) < 4.78 is 46.9. The van der Waals surface area contributed by atoms with E-state index in [4.69, 9.17) is 4.74 Å². The summed E-state index contributed by atoms with van der Waals surface area (Å²) in [6.45, 7) is 2.13. The molecule has 6 nitrogen and oxygen atoms in total. The van der Waals surface area contributed by atoms with Gasteiger partial charge in [0, 0.05) is 6.54 Å². The maximum absolute atomic E-state index is 14.1. The Morgan fingerprint density at radius 3 is 2.65 bits per heavy atom. The van der Waals surface area contributed by atoms with Crippen molar-refractivity contribution in [3.63, 3.8) is 0 Å². The number of carbonyl (C=O) groups is 1. The predicted octanol–water partition coefficient (Wildman–Crippen LogP) is 2.31. The molecule has 0 aliphatic carbocycles. The van der Waals surface area contributed by atoms with Crippen molar-refractivity contribution in [2.24, 2.45) is 0 Å². The van der Waals surface area contributed by atoms with Crippen LogP contribution in [0, 0.1) is 5.82 Å². The number of carbonyl (C=O) groups excluding carboxylic acids is 1. The molecule has 26 heavy (non-hydrogen) atoms. The molecule has 1 N–H and O–H groups in total.